The molecule has 0 spiro atoms. The summed E-state index contributed by atoms with van der Waals surface area (Å²) in [4.78, 5) is 31.3. The van der Waals surface area contributed by atoms with Gasteiger partial charge in [0.05, 0.1) is 0 Å². The molecule has 0 aromatic heterocycles. The third kappa shape index (κ3) is 1.22. The molecule has 0 aromatic carbocycles. The molecule has 0 N–H and O–H groups in total. The molecule has 3 nitrogen and oxygen atoms in total. The van der Waals surface area contributed by atoms with E-state index < -0.39 is 11.8 Å². The fourth-order valence-corrected chi connectivity index (χ4v) is 2.51. The van der Waals surface area contributed by atoms with Crippen molar-refractivity contribution in [1.82, 2.24) is 0 Å². The Bertz CT molecular complexity index is 463. The van der Waals surface area contributed by atoms with Crippen molar-refractivity contribution in [3.8, 4) is 0 Å². The summed E-state index contributed by atoms with van der Waals surface area (Å²) >= 11 is -3.59. The summed E-state index contributed by atoms with van der Waals surface area (Å²) in [6.07, 6.45) is 5.54. The second-order valence-corrected chi connectivity index (χ2v) is 5.64. The quantitative estimate of drug-likeness (QED) is 0.614. The molecule has 1 rings (SSSR count). The average molecular weight is 202 g/mol. The molecule has 0 aromatic rings. The van der Waals surface area contributed by atoms with E-state index in [0.29, 0.717) is 10.9 Å². The van der Waals surface area contributed by atoms with Crippen molar-refractivity contribution in [2.75, 3.05) is 0 Å². The van der Waals surface area contributed by atoms with Gasteiger partial charge in [-0.05, 0) is 0 Å². The third-order valence-corrected chi connectivity index (χ3v) is 4.38. The average Bonchev–Trinajstić information content (AvgIpc) is 2.62. The molecule has 0 amide bonds. The number of allylic oxidation sites excluding steroid dienone is 4. The molecule has 0 saturated carbocycles. The number of hydrogen-bond donors (Lipinski definition) is 0. The van der Waals surface area contributed by atoms with Crippen LogP contribution in [0.2, 0.25) is 0 Å². The van der Waals surface area contributed by atoms with Crippen LogP contribution in [0.25, 0.3) is 0 Å². The van der Waals surface area contributed by atoms with Crippen LogP contribution in [-0.2, 0) is 26.1 Å². The summed E-state index contributed by atoms with van der Waals surface area (Å²) in [6.45, 7) is 0. The van der Waals surface area contributed by atoms with Gasteiger partial charge in [0, 0.05) is 0 Å². The molecule has 1 aliphatic rings. The van der Waals surface area contributed by atoms with Gasteiger partial charge in [0.2, 0.25) is 0 Å². The molecule has 0 saturated heterocycles. The van der Waals surface area contributed by atoms with Crippen LogP contribution in [0.15, 0.2) is 22.7 Å². The molecule has 12 heavy (non-hydrogen) atoms. The van der Waals surface area contributed by atoms with Crippen molar-refractivity contribution in [2.24, 2.45) is 0 Å². The van der Waals surface area contributed by atoms with Gasteiger partial charge in [-0.15, -0.1) is 0 Å². The molecule has 1 aliphatic carbocycles. The summed E-state index contributed by atoms with van der Waals surface area (Å²) in [5.41, 5.74) is 0. The van der Waals surface area contributed by atoms with Gasteiger partial charge in [0.15, 0.2) is 0 Å². The molecule has 0 aliphatic heterocycles. The van der Waals surface area contributed by atoms with Crippen LogP contribution in [0.4, 0.5) is 0 Å². The maximum atomic E-state index is 10.4. The van der Waals surface area contributed by atoms with Gasteiger partial charge < -0.3 is 1.43 Å². The normalized spacial score (nSPS) is 13.2. The van der Waals surface area contributed by atoms with E-state index in [1.807, 2.05) is 0 Å². The molecule has 0 atom stereocenters. The van der Waals surface area contributed by atoms with E-state index >= 15 is 0 Å². The number of carbonyl (C=O) groups excluding carboxylic acids is 3. The zero-order chi connectivity index (χ0) is 9.03. The van der Waals surface area contributed by atoms with Crippen LogP contribution in [0.5, 0.6) is 0 Å². The predicted octanol–water partition coefficient (Wildman–Crippen LogP) is 0.298. The third-order valence-electron chi connectivity index (χ3n) is 1.51. The first kappa shape index (κ1) is 8.85. The van der Waals surface area contributed by atoms with Crippen LogP contribution in [0, 0.1) is 0 Å². The van der Waals surface area contributed by atoms with E-state index in [1.165, 1.54) is 14.2 Å². The smallest absolute Gasteiger partial charge is 1.00 e. The second-order valence-electron chi connectivity index (χ2n) is 2.13. The SMILES string of the molecule is O=[C]=[Cr+](=[C]=O)(=[C]=O)[C]1=CC=CC1.[H-]. The largest absolute Gasteiger partial charge is 1.00 e. The first-order chi connectivity index (χ1) is 5.79. The summed E-state index contributed by atoms with van der Waals surface area (Å²) in [5, 5.41) is 0. The Morgan fingerprint density at radius 1 is 1.25 bits per heavy atom. The van der Waals surface area contributed by atoms with Crippen molar-refractivity contribution in [2.45, 2.75) is 6.42 Å². The summed E-state index contributed by atoms with van der Waals surface area (Å²) in [7, 11) is 0. The molecule has 0 fully saturated rings. The van der Waals surface area contributed by atoms with Gasteiger partial charge in [0.1, 0.15) is 0 Å². The Hall–Kier alpha value is -1.25. The Morgan fingerprint density at radius 3 is 2.17 bits per heavy atom. The molecular weight excluding hydrogens is 196 g/mol. The van der Waals surface area contributed by atoms with E-state index in [0.717, 1.165) is 0 Å². The molecule has 0 unspecified atom stereocenters. The van der Waals surface area contributed by atoms with Gasteiger partial charge >= 0.3 is 69.5 Å². The predicted molar refractivity (Wildman–Crippen MR) is 40.0 cm³/mol. The Morgan fingerprint density at radius 2 is 1.83 bits per heavy atom. The van der Waals surface area contributed by atoms with Crippen molar-refractivity contribution in [3.05, 3.63) is 22.7 Å². The van der Waals surface area contributed by atoms with Gasteiger partial charge in [-0.25, -0.2) is 0 Å². The Labute approximate surface area is 71.4 Å². The summed E-state index contributed by atoms with van der Waals surface area (Å²) in [5.74, 6) is 0. The standard InChI is InChI=1S/C5H5.3CO.Cr.H/c1-2-4-5-3-1;3*1-2;;/h1-3H,4H2;;;;;/q;;;;+1;-1. The maximum Gasteiger partial charge on any atom is -1.00 e. The summed E-state index contributed by atoms with van der Waals surface area (Å²) in [6, 6.07) is 0. The molecule has 0 heterocycles. The van der Waals surface area contributed by atoms with E-state index in [-0.39, 0.29) is 1.43 Å². The summed E-state index contributed by atoms with van der Waals surface area (Å²) < 4.78 is 5.06. The van der Waals surface area contributed by atoms with E-state index in [2.05, 4.69) is 0 Å². The maximum absolute atomic E-state index is 10.4. The van der Waals surface area contributed by atoms with Crippen LogP contribution < -0.4 is 0 Å². The van der Waals surface area contributed by atoms with Crippen molar-refractivity contribution in [3.63, 3.8) is 0 Å². The van der Waals surface area contributed by atoms with E-state index in [1.54, 1.807) is 18.2 Å². The van der Waals surface area contributed by atoms with Gasteiger partial charge in [-0.2, -0.15) is 0 Å². The van der Waals surface area contributed by atoms with Crippen LogP contribution in [0.1, 0.15) is 7.85 Å². The first-order valence-electron chi connectivity index (χ1n) is 3.15. The Kier molecular flexibility index (Phi) is 2.53. The Balaban J connectivity index is 0.00000144. The van der Waals surface area contributed by atoms with Crippen molar-refractivity contribution < 1.29 is 27.6 Å². The topological polar surface area (TPSA) is 51.2 Å². The van der Waals surface area contributed by atoms with Crippen LogP contribution in [0.3, 0.4) is 0 Å². The monoisotopic (exact) mass is 202 g/mol. The fraction of sp³-hybridized carbons (Fsp3) is 0.125. The number of hydrogen-bond acceptors (Lipinski definition) is 3. The zero-order valence-electron chi connectivity index (χ0n) is 7.07. The fourth-order valence-electron chi connectivity index (χ4n) is 0.866. The molecule has 62 valence electrons. The molecule has 0 bridgehead atoms. The van der Waals surface area contributed by atoms with E-state index in [9.17, 15) is 14.4 Å². The van der Waals surface area contributed by atoms with Gasteiger partial charge in [-0.1, -0.05) is 0 Å². The van der Waals surface area contributed by atoms with Crippen molar-refractivity contribution >= 4 is 14.2 Å². The minimum Gasteiger partial charge on any atom is -1.00 e. The number of rotatable bonds is 1. The van der Waals surface area contributed by atoms with Crippen LogP contribution in [-0.4, -0.2) is 14.2 Å². The van der Waals surface area contributed by atoms with Gasteiger partial charge in [-0.3, -0.25) is 0 Å². The zero-order valence-corrected chi connectivity index (χ0v) is 7.35. The van der Waals surface area contributed by atoms with E-state index in [4.69, 9.17) is 0 Å². The molecular formula is C8H6CrO3. The first-order valence-corrected chi connectivity index (χ1v) is 5.70. The van der Waals surface area contributed by atoms with Gasteiger partial charge in [0.25, 0.3) is 0 Å². The second kappa shape index (κ2) is 3.43. The minimum absolute atomic E-state index is 0. The van der Waals surface area contributed by atoms with Crippen molar-refractivity contribution in [1.29, 1.82) is 0 Å². The van der Waals surface area contributed by atoms with Crippen LogP contribution >= 0.6 is 0 Å². The molecule has 0 radical (unpaired) electrons. The molecule has 4 heteroatoms. The minimum atomic E-state index is -3.59.